The molecule has 3 nitrogen and oxygen atoms in total. The normalized spacial score (nSPS) is 10.4. The lowest BCUT2D eigenvalue weighted by atomic mass is 10.2. The minimum Gasteiger partial charge on any atom is -0.494 e. The molecule has 0 saturated carbocycles. The molecule has 0 bridgehead atoms. The topological polar surface area (TPSA) is 35.5 Å². The van der Waals surface area contributed by atoms with Crippen molar-refractivity contribution in [2.45, 2.75) is 19.8 Å². The summed E-state index contributed by atoms with van der Waals surface area (Å²) in [5.74, 6) is 0.483. The lowest BCUT2D eigenvalue weighted by Crippen LogP contribution is -2.04. The van der Waals surface area contributed by atoms with Crippen LogP contribution < -0.4 is 4.74 Å². The quantitative estimate of drug-likeness (QED) is 0.407. The van der Waals surface area contributed by atoms with Crippen LogP contribution in [0, 0.1) is 0 Å². The van der Waals surface area contributed by atoms with Crippen LogP contribution in [0.15, 0.2) is 43.0 Å². The van der Waals surface area contributed by atoms with Gasteiger partial charge in [0.1, 0.15) is 5.75 Å². The van der Waals surface area contributed by atoms with Crippen molar-refractivity contribution in [3.05, 3.63) is 48.6 Å². The Morgan fingerprint density at radius 2 is 1.89 bits per heavy atom. The van der Waals surface area contributed by atoms with E-state index in [0.717, 1.165) is 24.2 Å². The van der Waals surface area contributed by atoms with Gasteiger partial charge in [-0.05, 0) is 37.5 Å². The van der Waals surface area contributed by atoms with Crippen LogP contribution in [0.1, 0.15) is 25.3 Å². The number of hydrogen-bond acceptors (Lipinski definition) is 3. The Morgan fingerprint density at radius 1 is 1.21 bits per heavy atom. The summed E-state index contributed by atoms with van der Waals surface area (Å²) in [7, 11) is 0. The molecule has 0 aromatic heterocycles. The molecule has 3 heteroatoms. The number of unbranched alkanes of at least 4 members (excludes halogenated alkanes) is 1. The predicted octanol–water partition coefficient (Wildman–Crippen LogP) is 3.61. The molecule has 1 aromatic carbocycles. The van der Waals surface area contributed by atoms with Crippen molar-refractivity contribution in [2.75, 3.05) is 13.2 Å². The van der Waals surface area contributed by atoms with E-state index in [1.54, 1.807) is 0 Å². The van der Waals surface area contributed by atoms with E-state index in [1.807, 2.05) is 43.3 Å². The molecule has 0 heterocycles. The van der Waals surface area contributed by atoms with Crippen LogP contribution in [0.5, 0.6) is 5.75 Å². The molecule has 19 heavy (non-hydrogen) atoms. The average Bonchev–Trinajstić information content (AvgIpc) is 2.44. The highest BCUT2D eigenvalue weighted by Gasteiger charge is 1.96. The number of carbonyl (C=O) groups excluding carboxylic acids is 1. The Kier molecular flexibility index (Phi) is 7.10. The number of allylic oxidation sites excluding steroid dienone is 1. The molecule has 1 aromatic rings. The van der Waals surface area contributed by atoms with Crippen LogP contribution in [0.3, 0.4) is 0 Å². The molecule has 0 atom stereocenters. The highest BCUT2D eigenvalue weighted by atomic mass is 16.5. The van der Waals surface area contributed by atoms with Gasteiger partial charge in [-0.1, -0.05) is 30.9 Å². The molecular formula is C16H20O3. The van der Waals surface area contributed by atoms with Crippen molar-refractivity contribution in [1.82, 2.24) is 0 Å². The summed E-state index contributed by atoms with van der Waals surface area (Å²) >= 11 is 0. The zero-order chi connectivity index (χ0) is 13.9. The van der Waals surface area contributed by atoms with Gasteiger partial charge in [-0.2, -0.15) is 0 Å². The van der Waals surface area contributed by atoms with Gasteiger partial charge in [0.15, 0.2) is 0 Å². The molecule has 0 spiro atoms. The first kappa shape index (κ1) is 15.0. The second-order valence-electron chi connectivity index (χ2n) is 4.00. The van der Waals surface area contributed by atoms with Crippen LogP contribution in [0.4, 0.5) is 0 Å². The van der Waals surface area contributed by atoms with Gasteiger partial charge in [0.25, 0.3) is 0 Å². The summed E-state index contributed by atoms with van der Waals surface area (Å²) < 4.78 is 10.5. The van der Waals surface area contributed by atoms with Gasteiger partial charge in [0, 0.05) is 6.08 Å². The standard InChI is InChI=1S/C16H20O3/c1-3-7-14-8-10-15(11-9-14)18-12-5-6-13-19-16(17)4-2/h3-4,7-11H,2,5-6,12-13H2,1H3. The Balaban J connectivity index is 2.15. The zero-order valence-corrected chi connectivity index (χ0v) is 11.3. The van der Waals surface area contributed by atoms with Crippen LogP contribution in [-0.4, -0.2) is 19.2 Å². The van der Waals surface area contributed by atoms with E-state index in [0.29, 0.717) is 13.2 Å². The van der Waals surface area contributed by atoms with Gasteiger partial charge < -0.3 is 9.47 Å². The second kappa shape index (κ2) is 8.97. The maximum atomic E-state index is 10.8. The average molecular weight is 260 g/mol. The van der Waals surface area contributed by atoms with Crippen molar-refractivity contribution in [1.29, 1.82) is 0 Å². The molecule has 0 saturated heterocycles. The van der Waals surface area contributed by atoms with Crippen LogP contribution in [-0.2, 0) is 9.53 Å². The summed E-state index contributed by atoms with van der Waals surface area (Å²) in [4.78, 5) is 10.8. The molecule has 0 fully saturated rings. The van der Waals surface area contributed by atoms with Crippen molar-refractivity contribution in [2.24, 2.45) is 0 Å². The third-order valence-corrected chi connectivity index (χ3v) is 2.46. The summed E-state index contributed by atoms with van der Waals surface area (Å²) in [5, 5.41) is 0. The first-order valence-electron chi connectivity index (χ1n) is 6.41. The number of hydrogen-bond donors (Lipinski definition) is 0. The van der Waals surface area contributed by atoms with E-state index in [-0.39, 0.29) is 5.97 Å². The van der Waals surface area contributed by atoms with Crippen molar-refractivity contribution in [3.8, 4) is 5.75 Å². The number of benzene rings is 1. The SMILES string of the molecule is C=CC(=O)OCCCCOc1ccc(C=CC)cc1. The Bertz CT molecular complexity index is 418. The summed E-state index contributed by atoms with van der Waals surface area (Å²) in [5.41, 5.74) is 1.16. The predicted molar refractivity (Wildman–Crippen MR) is 77.0 cm³/mol. The molecule has 0 N–H and O–H groups in total. The zero-order valence-electron chi connectivity index (χ0n) is 11.3. The summed E-state index contributed by atoms with van der Waals surface area (Å²) in [6.45, 7) is 6.35. The highest BCUT2D eigenvalue weighted by molar-refractivity contribution is 5.81. The van der Waals surface area contributed by atoms with E-state index in [1.165, 1.54) is 6.08 Å². The summed E-state index contributed by atoms with van der Waals surface area (Å²) in [6.07, 6.45) is 6.85. The van der Waals surface area contributed by atoms with E-state index in [4.69, 9.17) is 9.47 Å². The molecule has 0 unspecified atom stereocenters. The number of rotatable bonds is 8. The van der Waals surface area contributed by atoms with Crippen LogP contribution >= 0.6 is 0 Å². The van der Waals surface area contributed by atoms with Crippen molar-refractivity contribution >= 4 is 12.0 Å². The van der Waals surface area contributed by atoms with Crippen molar-refractivity contribution < 1.29 is 14.3 Å². The number of carbonyl (C=O) groups is 1. The van der Waals surface area contributed by atoms with E-state index in [9.17, 15) is 4.79 Å². The minimum absolute atomic E-state index is 0.375. The first-order valence-corrected chi connectivity index (χ1v) is 6.41. The largest absolute Gasteiger partial charge is 0.494 e. The molecule has 1 rings (SSSR count). The Hall–Kier alpha value is -2.03. The van der Waals surface area contributed by atoms with E-state index < -0.39 is 0 Å². The first-order chi connectivity index (χ1) is 9.26. The third-order valence-electron chi connectivity index (χ3n) is 2.46. The van der Waals surface area contributed by atoms with Gasteiger partial charge >= 0.3 is 5.97 Å². The van der Waals surface area contributed by atoms with Gasteiger partial charge in [-0.25, -0.2) is 4.79 Å². The van der Waals surface area contributed by atoms with Crippen molar-refractivity contribution in [3.63, 3.8) is 0 Å². The van der Waals surface area contributed by atoms with Gasteiger partial charge in [0.2, 0.25) is 0 Å². The minimum atomic E-state index is -0.375. The maximum Gasteiger partial charge on any atom is 0.330 e. The molecule has 102 valence electrons. The molecule has 0 radical (unpaired) electrons. The van der Waals surface area contributed by atoms with Crippen LogP contribution in [0.2, 0.25) is 0 Å². The number of esters is 1. The fraction of sp³-hybridized carbons (Fsp3) is 0.312. The second-order valence-corrected chi connectivity index (χ2v) is 4.00. The van der Waals surface area contributed by atoms with Gasteiger partial charge in [-0.3, -0.25) is 0 Å². The molecule has 0 aliphatic heterocycles. The van der Waals surface area contributed by atoms with Gasteiger partial charge in [-0.15, -0.1) is 0 Å². The molecule has 0 amide bonds. The monoisotopic (exact) mass is 260 g/mol. The third kappa shape index (κ3) is 6.46. The maximum absolute atomic E-state index is 10.8. The van der Waals surface area contributed by atoms with E-state index >= 15 is 0 Å². The Labute approximate surface area is 114 Å². The molecule has 0 aliphatic rings. The van der Waals surface area contributed by atoms with Gasteiger partial charge in [0.05, 0.1) is 13.2 Å². The lowest BCUT2D eigenvalue weighted by molar-refractivity contribution is -0.137. The fourth-order valence-corrected chi connectivity index (χ4v) is 1.49. The Morgan fingerprint density at radius 3 is 2.53 bits per heavy atom. The van der Waals surface area contributed by atoms with Crippen LogP contribution in [0.25, 0.3) is 6.08 Å². The highest BCUT2D eigenvalue weighted by Crippen LogP contribution is 2.13. The van der Waals surface area contributed by atoms with E-state index in [2.05, 4.69) is 6.58 Å². The molecule has 0 aliphatic carbocycles. The fourth-order valence-electron chi connectivity index (χ4n) is 1.49. The smallest absolute Gasteiger partial charge is 0.330 e. The lowest BCUT2D eigenvalue weighted by Gasteiger charge is -2.06. The molecular weight excluding hydrogens is 240 g/mol. The summed E-state index contributed by atoms with van der Waals surface area (Å²) in [6, 6.07) is 7.93. The number of ether oxygens (including phenoxy) is 2.